The quantitative estimate of drug-likeness (QED) is 0.199. The van der Waals surface area contributed by atoms with Gasteiger partial charge in [-0.05, 0) is 126 Å². The summed E-state index contributed by atoms with van der Waals surface area (Å²) in [6.45, 7) is 9.21. The van der Waals surface area contributed by atoms with Crippen LogP contribution in [-0.4, -0.2) is 0 Å². The minimum Gasteiger partial charge on any atom is -0.0619 e. The van der Waals surface area contributed by atoms with Gasteiger partial charge in [0, 0.05) is 0 Å². The molecule has 0 N–H and O–H groups in total. The van der Waals surface area contributed by atoms with Crippen molar-refractivity contribution in [2.45, 2.75) is 58.8 Å². The third-order valence-electron chi connectivity index (χ3n) is 10.2. The first-order valence-corrected chi connectivity index (χ1v) is 15.5. The molecule has 0 aromatic heterocycles. The minimum absolute atomic E-state index is 0.297. The summed E-state index contributed by atoms with van der Waals surface area (Å²) in [5.41, 5.74) is 16.8. The van der Waals surface area contributed by atoms with Gasteiger partial charge >= 0.3 is 0 Å². The van der Waals surface area contributed by atoms with E-state index >= 15 is 0 Å². The number of hydrogen-bond donors (Lipinski definition) is 0. The van der Waals surface area contributed by atoms with Crippen LogP contribution in [-0.2, 0) is 31.1 Å². The molecule has 6 aromatic carbocycles. The lowest BCUT2D eigenvalue weighted by Crippen LogP contribution is -2.26. The van der Waals surface area contributed by atoms with Gasteiger partial charge < -0.3 is 0 Å². The van der Waals surface area contributed by atoms with Crippen molar-refractivity contribution in [2.75, 3.05) is 0 Å². The second kappa shape index (κ2) is 8.92. The van der Waals surface area contributed by atoms with E-state index in [4.69, 9.17) is 0 Å². The first-order valence-electron chi connectivity index (χ1n) is 15.5. The second-order valence-electron chi connectivity index (χ2n) is 11.9. The normalized spacial score (nSPS) is 14.0. The minimum atomic E-state index is -0.297. The molecule has 0 saturated heterocycles. The molecule has 2 aliphatic carbocycles. The van der Waals surface area contributed by atoms with Crippen molar-refractivity contribution in [3.05, 3.63) is 142 Å². The summed E-state index contributed by atoms with van der Waals surface area (Å²) in [5.74, 6) is 0. The molecule has 6 aromatic rings. The van der Waals surface area contributed by atoms with Crippen LogP contribution >= 0.6 is 0 Å². The Balaban J connectivity index is 1.59. The van der Waals surface area contributed by atoms with Gasteiger partial charge in [-0.15, -0.1) is 0 Å². The summed E-state index contributed by atoms with van der Waals surface area (Å²) in [6, 6.07) is 38.0. The summed E-state index contributed by atoms with van der Waals surface area (Å²) in [6.07, 6.45) is 4.15. The van der Waals surface area contributed by atoms with E-state index in [2.05, 4.69) is 125 Å². The Hall–Kier alpha value is -4.16. The lowest BCUT2D eigenvalue weighted by molar-refractivity contribution is 0.792. The van der Waals surface area contributed by atoms with Crippen molar-refractivity contribution in [1.82, 2.24) is 0 Å². The molecule has 0 unspecified atom stereocenters. The Bertz CT molecular complexity index is 1990. The molecule has 0 heterocycles. The SMILES string of the molecule is CCc1ccc2c(c1)C1(c3ccccc3-c3ccccc31)c1cc3c(CC)c4cc(CC)ccc4c(CC)c3cc1-2. The van der Waals surface area contributed by atoms with Gasteiger partial charge in [0.15, 0.2) is 0 Å². The zero-order valence-electron chi connectivity index (χ0n) is 24.6. The maximum Gasteiger partial charge on any atom is 0.0725 e. The van der Waals surface area contributed by atoms with Gasteiger partial charge in [-0.1, -0.05) is 113 Å². The molecule has 0 amide bonds. The molecule has 0 bridgehead atoms. The highest BCUT2D eigenvalue weighted by atomic mass is 14.5. The van der Waals surface area contributed by atoms with E-state index in [9.17, 15) is 0 Å². The van der Waals surface area contributed by atoms with Gasteiger partial charge in [-0.2, -0.15) is 0 Å². The molecule has 0 fully saturated rings. The zero-order chi connectivity index (χ0) is 27.9. The monoisotopic (exact) mass is 528 g/mol. The predicted molar refractivity (Wildman–Crippen MR) is 175 cm³/mol. The van der Waals surface area contributed by atoms with Crippen LogP contribution < -0.4 is 0 Å². The fourth-order valence-electron chi connectivity index (χ4n) is 8.33. The van der Waals surface area contributed by atoms with Crippen LogP contribution in [0.15, 0.2) is 97.1 Å². The average Bonchev–Trinajstić information content (AvgIpc) is 3.48. The molecular weight excluding hydrogens is 492 g/mol. The van der Waals surface area contributed by atoms with Gasteiger partial charge in [0.1, 0.15) is 0 Å². The van der Waals surface area contributed by atoms with Crippen molar-refractivity contribution in [2.24, 2.45) is 0 Å². The fourth-order valence-corrected chi connectivity index (χ4v) is 8.33. The van der Waals surface area contributed by atoms with Crippen LogP contribution in [0.2, 0.25) is 0 Å². The first-order chi connectivity index (χ1) is 20.1. The van der Waals surface area contributed by atoms with E-state index in [1.807, 2.05) is 0 Å². The number of fused-ring (bicyclic) bond motifs is 12. The van der Waals surface area contributed by atoms with Crippen molar-refractivity contribution < 1.29 is 0 Å². The standard InChI is InChI=1S/C41H36/c1-5-25-17-19-29-27(7-3)34-23-36-32-20-18-26(6-2)22-39(32)41(40(36)24-35(34)28(8-4)33(29)21-25)37-15-11-9-13-30(37)31-14-10-12-16-38(31)41/h9-24H,5-8H2,1-4H3. The van der Waals surface area contributed by atoms with Crippen LogP contribution in [0.3, 0.4) is 0 Å². The summed E-state index contributed by atoms with van der Waals surface area (Å²) < 4.78 is 0. The number of rotatable bonds is 4. The van der Waals surface area contributed by atoms with Gasteiger partial charge in [0.05, 0.1) is 5.41 Å². The van der Waals surface area contributed by atoms with E-state index < -0.39 is 0 Å². The second-order valence-corrected chi connectivity index (χ2v) is 11.9. The molecule has 0 atom stereocenters. The van der Waals surface area contributed by atoms with E-state index in [1.165, 1.54) is 88.3 Å². The number of aryl methyl sites for hydroxylation is 4. The third-order valence-corrected chi connectivity index (χ3v) is 10.2. The lowest BCUT2D eigenvalue weighted by Gasteiger charge is -2.31. The molecule has 1 spiro atoms. The molecule has 0 radical (unpaired) electrons. The van der Waals surface area contributed by atoms with Crippen LogP contribution in [0.4, 0.5) is 0 Å². The summed E-state index contributed by atoms with van der Waals surface area (Å²) in [5, 5.41) is 5.75. The van der Waals surface area contributed by atoms with E-state index in [0.29, 0.717) is 0 Å². The molecule has 2 aliphatic rings. The van der Waals surface area contributed by atoms with Crippen LogP contribution in [0, 0.1) is 0 Å². The van der Waals surface area contributed by atoms with Gasteiger partial charge in [-0.3, -0.25) is 0 Å². The molecule has 0 heteroatoms. The number of benzene rings is 6. The maximum absolute atomic E-state index is 2.62. The van der Waals surface area contributed by atoms with Crippen LogP contribution in [0.25, 0.3) is 43.8 Å². The first kappa shape index (κ1) is 24.6. The molecule has 0 aliphatic heterocycles. The summed E-state index contributed by atoms with van der Waals surface area (Å²) in [7, 11) is 0. The van der Waals surface area contributed by atoms with E-state index in [1.54, 1.807) is 0 Å². The number of hydrogen-bond acceptors (Lipinski definition) is 0. The fraction of sp³-hybridized carbons (Fsp3) is 0.220. The molecular formula is C41H36. The van der Waals surface area contributed by atoms with Crippen molar-refractivity contribution in [3.63, 3.8) is 0 Å². The smallest absolute Gasteiger partial charge is 0.0619 e. The lowest BCUT2D eigenvalue weighted by atomic mass is 9.70. The van der Waals surface area contributed by atoms with E-state index in [0.717, 1.165) is 25.7 Å². The Labute approximate surface area is 243 Å². The highest BCUT2D eigenvalue weighted by Crippen LogP contribution is 2.63. The van der Waals surface area contributed by atoms with Gasteiger partial charge in [0.25, 0.3) is 0 Å². The van der Waals surface area contributed by atoms with Crippen molar-refractivity contribution in [3.8, 4) is 22.3 Å². The topological polar surface area (TPSA) is 0 Å². The molecule has 8 rings (SSSR count). The molecule has 41 heavy (non-hydrogen) atoms. The van der Waals surface area contributed by atoms with Crippen molar-refractivity contribution >= 4 is 21.5 Å². The maximum atomic E-state index is 2.62. The molecule has 0 nitrogen and oxygen atoms in total. The highest BCUT2D eigenvalue weighted by molar-refractivity contribution is 6.09. The third kappa shape index (κ3) is 3.06. The molecule has 0 saturated carbocycles. The summed E-state index contributed by atoms with van der Waals surface area (Å²) >= 11 is 0. The predicted octanol–water partition coefficient (Wildman–Crippen LogP) is 10.6. The van der Waals surface area contributed by atoms with Gasteiger partial charge in [0.2, 0.25) is 0 Å². The zero-order valence-corrected chi connectivity index (χ0v) is 24.6. The van der Waals surface area contributed by atoms with Gasteiger partial charge in [-0.25, -0.2) is 0 Å². The Morgan fingerprint density at radius 2 is 0.902 bits per heavy atom. The Kier molecular flexibility index (Phi) is 5.36. The largest absolute Gasteiger partial charge is 0.0725 e. The average molecular weight is 529 g/mol. The summed E-state index contributed by atoms with van der Waals surface area (Å²) in [4.78, 5) is 0. The van der Waals surface area contributed by atoms with Crippen LogP contribution in [0.1, 0.15) is 72.2 Å². The Morgan fingerprint density at radius 3 is 1.56 bits per heavy atom. The molecule has 200 valence electrons. The van der Waals surface area contributed by atoms with E-state index in [-0.39, 0.29) is 5.41 Å². The highest BCUT2D eigenvalue weighted by Gasteiger charge is 2.51. The van der Waals surface area contributed by atoms with Crippen LogP contribution in [0.5, 0.6) is 0 Å². The Morgan fingerprint density at radius 1 is 0.390 bits per heavy atom. The van der Waals surface area contributed by atoms with Crippen molar-refractivity contribution in [1.29, 1.82) is 0 Å².